The lowest BCUT2D eigenvalue weighted by Gasteiger charge is -2.27. The second kappa shape index (κ2) is 11.0. The van der Waals surface area contributed by atoms with Crippen LogP contribution in [-0.2, 0) is 0 Å². The van der Waals surface area contributed by atoms with E-state index in [1.54, 1.807) is 31.5 Å². The first kappa shape index (κ1) is 22.1. The standard InChI is InChI=1S/C21H29F2N5O2/c1-2-14(23)12-25-21-26-13-18(19-11-17(7-9-24-19)30-10-8-22)20(28-21)27-15-3-5-16(29)6-4-15/h7,9,11,13-16,29H,2-6,8,10,12H2,1H3,(H2,25,26,27,28)/t14-,15?,16?/m0/s1. The van der Waals surface area contributed by atoms with Crippen molar-refractivity contribution in [3.63, 3.8) is 0 Å². The van der Waals surface area contributed by atoms with Crippen LogP contribution in [-0.4, -0.2) is 58.2 Å². The van der Waals surface area contributed by atoms with Gasteiger partial charge in [0, 0.05) is 31.0 Å². The Hall–Kier alpha value is -2.55. The number of aromatic nitrogens is 3. The van der Waals surface area contributed by atoms with Gasteiger partial charge >= 0.3 is 0 Å². The fourth-order valence-electron chi connectivity index (χ4n) is 3.33. The van der Waals surface area contributed by atoms with Crippen molar-refractivity contribution in [2.75, 3.05) is 30.5 Å². The molecule has 1 atom stereocenters. The first-order valence-corrected chi connectivity index (χ1v) is 10.4. The van der Waals surface area contributed by atoms with Crippen molar-refractivity contribution in [3.8, 4) is 17.0 Å². The zero-order valence-corrected chi connectivity index (χ0v) is 17.2. The largest absolute Gasteiger partial charge is 0.491 e. The molecular weight excluding hydrogens is 392 g/mol. The quantitative estimate of drug-likeness (QED) is 0.538. The van der Waals surface area contributed by atoms with Gasteiger partial charge in [0.05, 0.1) is 17.4 Å². The van der Waals surface area contributed by atoms with Gasteiger partial charge in [-0.15, -0.1) is 0 Å². The average molecular weight is 421 g/mol. The van der Waals surface area contributed by atoms with Crippen LogP contribution in [0.2, 0.25) is 0 Å². The van der Waals surface area contributed by atoms with Crippen LogP contribution in [0.3, 0.4) is 0 Å². The predicted octanol–water partition coefficient (Wildman–Crippen LogP) is 3.76. The fourth-order valence-corrected chi connectivity index (χ4v) is 3.33. The van der Waals surface area contributed by atoms with E-state index in [1.165, 1.54) is 0 Å². The molecule has 1 aliphatic rings. The van der Waals surface area contributed by atoms with E-state index in [4.69, 9.17) is 4.74 Å². The van der Waals surface area contributed by atoms with Crippen LogP contribution in [0.1, 0.15) is 39.0 Å². The van der Waals surface area contributed by atoms with E-state index in [-0.39, 0.29) is 25.3 Å². The van der Waals surface area contributed by atoms with Gasteiger partial charge in [0.25, 0.3) is 0 Å². The summed E-state index contributed by atoms with van der Waals surface area (Å²) >= 11 is 0. The normalized spacial score (nSPS) is 19.9. The smallest absolute Gasteiger partial charge is 0.224 e. The number of halogens is 2. The van der Waals surface area contributed by atoms with Gasteiger partial charge in [-0.2, -0.15) is 4.98 Å². The van der Waals surface area contributed by atoms with Crippen molar-refractivity contribution in [1.29, 1.82) is 0 Å². The molecule has 1 aliphatic carbocycles. The van der Waals surface area contributed by atoms with Gasteiger partial charge in [-0.25, -0.2) is 13.8 Å². The first-order valence-electron chi connectivity index (χ1n) is 10.4. The van der Waals surface area contributed by atoms with Gasteiger partial charge in [0.2, 0.25) is 5.95 Å². The molecule has 0 amide bonds. The molecule has 1 saturated carbocycles. The second-order valence-electron chi connectivity index (χ2n) is 7.41. The van der Waals surface area contributed by atoms with Crippen molar-refractivity contribution < 1.29 is 18.6 Å². The number of ether oxygens (including phenoxy) is 1. The highest BCUT2D eigenvalue weighted by Crippen LogP contribution is 2.30. The third-order valence-corrected chi connectivity index (χ3v) is 5.10. The number of aliphatic hydroxyl groups excluding tert-OH is 1. The number of nitrogens with zero attached hydrogens (tertiary/aromatic N) is 3. The van der Waals surface area contributed by atoms with Crippen molar-refractivity contribution in [2.45, 2.75) is 57.3 Å². The van der Waals surface area contributed by atoms with Gasteiger partial charge in [0.1, 0.15) is 31.0 Å². The van der Waals surface area contributed by atoms with E-state index in [9.17, 15) is 13.9 Å². The molecule has 164 valence electrons. The molecule has 0 aromatic carbocycles. The molecule has 9 heteroatoms. The first-order chi connectivity index (χ1) is 14.6. The highest BCUT2D eigenvalue weighted by molar-refractivity contribution is 5.73. The van der Waals surface area contributed by atoms with E-state index < -0.39 is 12.8 Å². The maximum absolute atomic E-state index is 13.6. The number of hydrogen-bond donors (Lipinski definition) is 3. The lowest BCUT2D eigenvalue weighted by atomic mass is 9.93. The summed E-state index contributed by atoms with van der Waals surface area (Å²) in [4.78, 5) is 13.3. The summed E-state index contributed by atoms with van der Waals surface area (Å²) in [7, 11) is 0. The van der Waals surface area contributed by atoms with Gasteiger partial charge < -0.3 is 20.5 Å². The Morgan fingerprint density at radius 3 is 2.80 bits per heavy atom. The van der Waals surface area contributed by atoms with E-state index in [1.807, 2.05) is 0 Å². The molecule has 0 spiro atoms. The van der Waals surface area contributed by atoms with Crippen LogP contribution < -0.4 is 15.4 Å². The van der Waals surface area contributed by atoms with Gasteiger partial charge in [-0.05, 0) is 38.2 Å². The molecule has 30 heavy (non-hydrogen) atoms. The van der Waals surface area contributed by atoms with Gasteiger partial charge in [-0.3, -0.25) is 4.98 Å². The molecule has 0 aliphatic heterocycles. The maximum atomic E-state index is 13.6. The van der Waals surface area contributed by atoms with Crippen LogP contribution in [0, 0.1) is 0 Å². The highest BCUT2D eigenvalue weighted by atomic mass is 19.1. The number of nitrogens with one attached hydrogen (secondary N) is 2. The predicted molar refractivity (Wildman–Crippen MR) is 112 cm³/mol. The number of pyridine rings is 1. The van der Waals surface area contributed by atoms with Crippen molar-refractivity contribution >= 4 is 11.8 Å². The minimum Gasteiger partial charge on any atom is -0.491 e. The molecule has 1 fully saturated rings. The molecule has 7 nitrogen and oxygen atoms in total. The summed E-state index contributed by atoms with van der Waals surface area (Å²) < 4.78 is 31.4. The Bertz CT molecular complexity index is 803. The molecule has 0 bridgehead atoms. The summed E-state index contributed by atoms with van der Waals surface area (Å²) in [5.41, 5.74) is 1.26. The highest BCUT2D eigenvalue weighted by Gasteiger charge is 2.22. The Morgan fingerprint density at radius 1 is 1.27 bits per heavy atom. The van der Waals surface area contributed by atoms with E-state index in [2.05, 4.69) is 25.6 Å². The molecule has 0 saturated heterocycles. The third-order valence-electron chi connectivity index (χ3n) is 5.10. The summed E-state index contributed by atoms with van der Waals surface area (Å²) in [5, 5.41) is 16.1. The number of rotatable bonds is 10. The summed E-state index contributed by atoms with van der Waals surface area (Å²) in [6.07, 6.45) is 5.51. The van der Waals surface area contributed by atoms with E-state index in [0.29, 0.717) is 35.2 Å². The second-order valence-corrected chi connectivity index (χ2v) is 7.41. The zero-order valence-electron chi connectivity index (χ0n) is 17.2. The Kier molecular flexibility index (Phi) is 8.12. The molecule has 0 unspecified atom stereocenters. The Morgan fingerprint density at radius 2 is 2.07 bits per heavy atom. The number of aliphatic hydroxyl groups is 1. The number of anilines is 2. The van der Waals surface area contributed by atoms with E-state index in [0.717, 1.165) is 25.7 Å². The van der Waals surface area contributed by atoms with Crippen molar-refractivity contribution in [2.24, 2.45) is 0 Å². The Labute approximate surface area is 175 Å². The topological polar surface area (TPSA) is 92.2 Å². The van der Waals surface area contributed by atoms with Crippen molar-refractivity contribution in [1.82, 2.24) is 15.0 Å². The minimum absolute atomic E-state index is 0.0276. The van der Waals surface area contributed by atoms with Crippen LogP contribution in [0.15, 0.2) is 24.5 Å². The SMILES string of the molecule is CC[C@H](F)CNc1ncc(-c2cc(OCCF)ccn2)c(NC2CCC(O)CC2)n1. The fraction of sp³-hybridized carbons (Fsp3) is 0.571. The lowest BCUT2D eigenvalue weighted by Crippen LogP contribution is -2.29. The van der Waals surface area contributed by atoms with Crippen LogP contribution in [0.5, 0.6) is 5.75 Å². The maximum Gasteiger partial charge on any atom is 0.224 e. The zero-order chi connectivity index (χ0) is 21.3. The molecule has 3 rings (SSSR count). The average Bonchev–Trinajstić information content (AvgIpc) is 2.78. The number of alkyl halides is 2. The van der Waals surface area contributed by atoms with Crippen LogP contribution in [0.25, 0.3) is 11.3 Å². The molecule has 3 N–H and O–H groups in total. The molecule has 2 aromatic rings. The van der Waals surface area contributed by atoms with Crippen LogP contribution in [0.4, 0.5) is 20.5 Å². The monoisotopic (exact) mass is 421 g/mol. The van der Waals surface area contributed by atoms with E-state index >= 15 is 0 Å². The summed E-state index contributed by atoms with van der Waals surface area (Å²) in [6.45, 7) is 1.31. The Balaban J connectivity index is 1.85. The number of hydrogen-bond acceptors (Lipinski definition) is 7. The summed E-state index contributed by atoms with van der Waals surface area (Å²) in [6, 6.07) is 3.54. The molecule has 2 heterocycles. The van der Waals surface area contributed by atoms with Gasteiger partial charge in [0.15, 0.2) is 0 Å². The third kappa shape index (κ3) is 6.22. The molecular formula is C21H29F2N5O2. The van der Waals surface area contributed by atoms with Gasteiger partial charge in [-0.1, -0.05) is 6.92 Å². The summed E-state index contributed by atoms with van der Waals surface area (Å²) in [5.74, 6) is 1.42. The minimum atomic E-state index is -0.976. The molecule has 2 aromatic heterocycles. The van der Waals surface area contributed by atoms with Crippen LogP contribution >= 0.6 is 0 Å². The lowest BCUT2D eigenvalue weighted by molar-refractivity contribution is 0.126. The van der Waals surface area contributed by atoms with Crippen molar-refractivity contribution in [3.05, 3.63) is 24.5 Å². The molecule has 0 radical (unpaired) electrons.